The normalized spacial score (nSPS) is 20.1. The molecule has 1 aliphatic carbocycles. The highest BCUT2D eigenvalue weighted by Gasteiger charge is 2.34. The van der Waals surface area contributed by atoms with Gasteiger partial charge in [0.15, 0.2) is 0 Å². The van der Waals surface area contributed by atoms with Crippen LogP contribution >= 0.6 is 23.2 Å². The highest BCUT2D eigenvalue weighted by Crippen LogP contribution is 2.30. The van der Waals surface area contributed by atoms with Crippen molar-refractivity contribution >= 4 is 39.1 Å². The van der Waals surface area contributed by atoms with E-state index in [0.717, 1.165) is 12.8 Å². The van der Waals surface area contributed by atoms with Crippen molar-refractivity contribution in [3.05, 3.63) is 33.8 Å². The Morgan fingerprint density at radius 1 is 1.11 bits per heavy atom. The lowest BCUT2D eigenvalue weighted by Gasteiger charge is -2.34. The fraction of sp³-hybridized carbons (Fsp3) is 0.632. The topological polar surface area (TPSA) is 57.7 Å². The maximum atomic E-state index is 12.8. The maximum Gasteiger partial charge on any atom is 0.225 e. The summed E-state index contributed by atoms with van der Waals surface area (Å²) in [6, 6.07) is 5.32. The molecular formula is C19H26Cl2N2O3S. The van der Waals surface area contributed by atoms with Crippen LogP contribution in [0.2, 0.25) is 10.0 Å². The average Bonchev–Trinajstić information content (AvgIpc) is 3.18. The molecule has 1 saturated heterocycles. The summed E-state index contributed by atoms with van der Waals surface area (Å²) in [6.45, 7) is 0.721. The minimum atomic E-state index is -3.53. The average molecular weight is 433 g/mol. The highest BCUT2D eigenvalue weighted by atomic mass is 35.5. The maximum absolute atomic E-state index is 12.8. The molecule has 0 unspecified atom stereocenters. The first-order chi connectivity index (χ1) is 12.8. The second-order valence-electron chi connectivity index (χ2n) is 7.52. The van der Waals surface area contributed by atoms with Gasteiger partial charge in [-0.25, -0.2) is 12.7 Å². The van der Waals surface area contributed by atoms with E-state index < -0.39 is 10.0 Å². The third-order valence-electron chi connectivity index (χ3n) is 5.81. The molecule has 1 heterocycles. The molecule has 150 valence electrons. The van der Waals surface area contributed by atoms with E-state index in [4.69, 9.17) is 23.2 Å². The first-order valence-corrected chi connectivity index (χ1v) is 11.8. The Hall–Kier alpha value is -0.820. The van der Waals surface area contributed by atoms with E-state index in [0.29, 0.717) is 47.6 Å². The summed E-state index contributed by atoms with van der Waals surface area (Å²) >= 11 is 12.2. The third-order valence-corrected chi connectivity index (χ3v) is 8.32. The second-order valence-corrected chi connectivity index (χ2v) is 10.3. The molecule has 8 heteroatoms. The van der Waals surface area contributed by atoms with Crippen LogP contribution in [0.5, 0.6) is 0 Å². The van der Waals surface area contributed by atoms with Crippen LogP contribution < -0.4 is 0 Å². The Labute approximate surface area is 171 Å². The molecule has 0 radical (unpaired) electrons. The van der Waals surface area contributed by atoms with Gasteiger partial charge in [0.05, 0.1) is 5.75 Å². The molecule has 1 aliphatic heterocycles. The molecule has 0 N–H and O–H groups in total. The quantitative estimate of drug-likeness (QED) is 0.707. The van der Waals surface area contributed by atoms with E-state index in [1.165, 1.54) is 17.1 Å². The molecule has 0 aromatic heterocycles. The van der Waals surface area contributed by atoms with E-state index in [2.05, 4.69) is 0 Å². The number of carbonyl (C=O) groups is 1. The van der Waals surface area contributed by atoms with Gasteiger partial charge in [0.25, 0.3) is 0 Å². The van der Waals surface area contributed by atoms with Crippen LogP contribution in [-0.4, -0.2) is 49.7 Å². The summed E-state index contributed by atoms with van der Waals surface area (Å²) in [5.74, 6) is -0.148. The van der Waals surface area contributed by atoms with Crippen molar-refractivity contribution in [1.29, 1.82) is 0 Å². The summed E-state index contributed by atoms with van der Waals surface area (Å²) in [5.41, 5.74) is 0.431. The number of piperidine rings is 1. The van der Waals surface area contributed by atoms with Crippen LogP contribution in [0.25, 0.3) is 0 Å². The molecule has 0 spiro atoms. The standard InChI is InChI=1S/C19H26Cl2N2O3S/c1-22(15-5-2-3-6-15)19(24)14-9-11-23(12-10-14)27(25,26)13-16-17(20)7-4-8-18(16)21/h4,7-8,14-15H,2-3,5-6,9-13H2,1H3. The van der Waals surface area contributed by atoms with Crippen LogP contribution in [0.15, 0.2) is 18.2 Å². The molecule has 1 aromatic carbocycles. The molecule has 0 bridgehead atoms. The zero-order valence-electron chi connectivity index (χ0n) is 15.5. The van der Waals surface area contributed by atoms with Crippen molar-refractivity contribution in [3.8, 4) is 0 Å². The molecular weight excluding hydrogens is 407 g/mol. The molecule has 1 amide bonds. The predicted octanol–water partition coefficient (Wildman–Crippen LogP) is 3.94. The molecule has 1 saturated carbocycles. The number of benzene rings is 1. The number of hydrogen-bond donors (Lipinski definition) is 0. The summed E-state index contributed by atoms with van der Waals surface area (Å²) in [6.07, 6.45) is 5.64. The molecule has 1 aromatic rings. The fourth-order valence-electron chi connectivity index (χ4n) is 4.08. The predicted molar refractivity (Wildman–Crippen MR) is 108 cm³/mol. The van der Waals surface area contributed by atoms with Gasteiger partial charge in [-0.1, -0.05) is 42.1 Å². The van der Waals surface area contributed by atoms with Gasteiger partial charge in [0.1, 0.15) is 0 Å². The lowest BCUT2D eigenvalue weighted by molar-refractivity contribution is -0.137. The lowest BCUT2D eigenvalue weighted by Crippen LogP contribution is -2.45. The Kier molecular flexibility index (Phi) is 6.72. The first kappa shape index (κ1) is 20.9. The fourth-order valence-corrected chi connectivity index (χ4v) is 6.40. The Balaban J connectivity index is 1.60. The van der Waals surface area contributed by atoms with Crippen LogP contribution in [0, 0.1) is 5.92 Å². The number of amides is 1. The summed E-state index contributed by atoms with van der Waals surface area (Å²) in [7, 11) is -1.64. The van der Waals surface area contributed by atoms with E-state index in [9.17, 15) is 13.2 Å². The molecule has 27 heavy (non-hydrogen) atoms. The smallest absolute Gasteiger partial charge is 0.225 e. The monoisotopic (exact) mass is 432 g/mol. The van der Waals surface area contributed by atoms with Gasteiger partial charge in [0.2, 0.25) is 15.9 Å². The van der Waals surface area contributed by atoms with Crippen LogP contribution in [0.3, 0.4) is 0 Å². The van der Waals surface area contributed by atoms with Crippen LogP contribution in [0.1, 0.15) is 44.1 Å². The number of rotatable bonds is 5. The van der Waals surface area contributed by atoms with E-state index in [-0.39, 0.29) is 17.6 Å². The zero-order valence-corrected chi connectivity index (χ0v) is 17.9. The molecule has 2 fully saturated rings. The first-order valence-electron chi connectivity index (χ1n) is 9.47. The van der Waals surface area contributed by atoms with Crippen molar-refractivity contribution in [1.82, 2.24) is 9.21 Å². The van der Waals surface area contributed by atoms with Gasteiger partial charge < -0.3 is 4.90 Å². The van der Waals surface area contributed by atoms with Gasteiger partial charge >= 0.3 is 0 Å². The van der Waals surface area contributed by atoms with E-state index in [1.807, 2.05) is 11.9 Å². The van der Waals surface area contributed by atoms with Gasteiger partial charge in [0, 0.05) is 47.7 Å². The SMILES string of the molecule is CN(C(=O)C1CCN(S(=O)(=O)Cc2c(Cl)cccc2Cl)CC1)C1CCCC1. The summed E-state index contributed by atoms with van der Waals surface area (Å²) < 4.78 is 27.0. The Bertz CT molecular complexity index is 766. The molecule has 5 nitrogen and oxygen atoms in total. The Morgan fingerprint density at radius 3 is 2.22 bits per heavy atom. The third kappa shape index (κ3) is 4.78. The van der Waals surface area contributed by atoms with Crippen molar-refractivity contribution in [2.45, 2.75) is 50.3 Å². The van der Waals surface area contributed by atoms with Gasteiger partial charge in [-0.3, -0.25) is 4.79 Å². The number of nitrogens with zero attached hydrogens (tertiary/aromatic N) is 2. The van der Waals surface area contributed by atoms with Gasteiger partial charge in [-0.2, -0.15) is 0 Å². The number of sulfonamides is 1. The summed E-state index contributed by atoms with van der Waals surface area (Å²) in [5, 5.41) is 0.712. The molecule has 0 atom stereocenters. The highest BCUT2D eigenvalue weighted by molar-refractivity contribution is 7.88. The van der Waals surface area contributed by atoms with Crippen LogP contribution in [-0.2, 0) is 20.6 Å². The van der Waals surface area contributed by atoms with Crippen LogP contribution in [0.4, 0.5) is 0 Å². The minimum absolute atomic E-state index is 0.0917. The minimum Gasteiger partial charge on any atom is -0.343 e. The molecule has 3 rings (SSSR count). The van der Waals surface area contributed by atoms with Crippen molar-refractivity contribution in [2.24, 2.45) is 5.92 Å². The van der Waals surface area contributed by atoms with E-state index >= 15 is 0 Å². The van der Waals surface area contributed by atoms with Crippen molar-refractivity contribution in [3.63, 3.8) is 0 Å². The second kappa shape index (κ2) is 8.68. The lowest BCUT2D eigenvalue weighted by atomic mass is 9.96. The Morgan fingerprint density at radius 2 is 1.67 bits per heavy atom. The molecule has 2 aliphatic rings. The van der Waals surface area contributed by atoms with Gasteiger partial charge in [-0.15, -0.1) is 0 Å². The summed E-state index contributed by atoms with van der Waals surface area (Å²) in [4.78, 5) is 14.6. The number of hydrogen-bond acceptors (Lipinski definition) is 3. The van der Waals surface area contributed by atoms with Crippen molar-refractivity contribution < 1.29 is 13.2 Å². The van der Waals surface area contributed by atoms with Crippen molar-refractivity contribution in [2.75, 3.05) is 20.1 Å². The van der Waals surface area contributed by atoms with E-state index in [1.54, 1.807) is 18.2 Å². The largest absolute Gasteiger partial charge is 0.343 e. The zero-order chi connectivity index (χ0) is 19.6. The number of halogens is 2. The van der Waals surface area contributed by atoms with Gasteiger partial charge in [-0.05, 0) is 37.8 Å². The number of carbonyl (C=O) groups excluding carboxylic acids is 1.